The summed E-state index contributed by atoms with van der Waals surface area (Å²) >= 11 is 0. The summed E-state index contributed by atoms with van der Waals surface area (Å²) in [6.07, 6.45) is -4.22. The van der Waals surface area contributed by atoms with Crippen molar-refractivity contribution in [2.24, 2.45) is 0 Å². The zero-order chi connectivity index (χ0) is 15.2. The van der Waals surface area contributed by atoms with Crippen LogP contribution in [0.15, 0.2) is 18.2 Å². The molecule has 0 saturated heterocycles. The number of ether oxygens (including phenoxy) is 1. The molecular formula is C12H14F4N2O2. The van der Waals surface area contributed by atoms with Gasteiger partial charge in [0.1, 0.15) is 12.4 Å². The Bertz CT molecular complexity index is 463. The van der Waals surface area contributed by atoms with Crippen LogP contribution in [0.3, 0.4) is 0 Å². The van der Waals surface area contributed by atoms with Crippen LogP contribution >= 0.6 is 0 Å². The van der Waals surface area contributed by atoms with E-state index in [1.54, 1.807) is 0 Å². The number of nitrogen functional groups attached to an aromatic ring is 1. The Morgan fingerprint density at radius 2 is 2.05 bits per heavy atom. The number of hydrogen-bond acceptors (Lipinski definition) is 3. The van der Waals surface area contributed by atoms with Gasteiger partial charge in [-0.2, -0.15) is 13.2 Å². The summed E-state index contributed by atoms with van der Waals surface area (Å²) in [5.41, 5.74) is 5.55. The van der Waals surface area contributed by atoms with E-state index in [9.17, 15) is 22.4 Å². The van der Waals surface area contributed by atoms with E-state index in [0.29, 0.717) is 5.69 Å². The maximum Gasteiger partial charge on any atom is 0.411 e. The molecule has 1 aromatic carbocycles. The summed E-state index contributed by atoms with van der Waals surface area (Å²) in [7, 11) is 0. The van der Waals surface area contributed by atoms with E-state index in [4.69, 9.17) is 5.73 Å². The van der Waals surface area contributed by atoms with E-state index in [0.717, 1.165) is 6.07 Å². The number of nitrogens with two attached hydrogens (primary N) is 1. The number of carbonyl (C=O) groups is 1. The van der Waals surface area contributed by atoms with Gasteiger partial charge >= 0.3 is 6.18 Å². The molecule has 0 aliphatic rings. The van der Waals surface area contributed by atoms with Crippen LogP contribution in [0.5, 0.6) is 0 Å². The van der Waals surface area contributed by atoms with E-state index >= 15 is 0 Å². The fraction of sp³-hybridized carbons (Fsp3) is 0.417. The number of rotatable bonds is 6. The average molecular weight is 294 g/mol. The predicted octanol–water partition coefficient (Wildman–Crippen LogP) is 2.71. The van der Waals surface area contributed by atoms with Crippen molar-refractivity contribution in [3.63, 3.8) is 0 Å². The number of benzene rings is 1. The van der Waals surface area contributed by atoms with Crippen molar-refractivity contribution < 1.29 is 27.1 Å². The largest absolute Gasteiger partial charge is 0.411 e. The molecule has 20 heavy (non-hydrogen) atoms. The predicted molar refractivity (Wildman–Crippen MR) is 65.6 cm³/mol. The molecule has 1 rings (SSSR count). The van der Waals surface area contributed by atoms with Crippen molar-refractivity contribution in [3.05, 3.63) is 24.0 Å². The third kappa shape index (κ3) is 6.37. The molecule has 0 spiro atoms. The summed E-state index contributed by atoms with van der Waals surface area (Å²) in [6.45, 7) is -1.50. The van der Waals surface area contributed by atoms with Crippen LogP contribution in [-0.2, 0) is 9.53 Å². The molecule has 0 bridgehead atoms. The molecule has 0 fully saturated rings. The number of anilines is 2. The van der Waals surface area contributed by atoms with Gasteiger partial charge in [0.2, 0.25) is 5.91 Å². The minimum Gasteiger partial charge on any atom is -0.396 e. The van der Waals surface area contributed by atoms with E-state index < -0.39 is 24.5 Å². The van der Waals surface area contributed by atoms with Crippen molar-refractivity contribution in [2.75, 3.05) is 24.3 Å². The van der Waals surface area contributed by atoms with Crippen LogP contribution in [0.4, 0.5) is 28.9 Å². The second-order valence-electron chi connectivity index (χ2n) is 4.06. The molecule has 0 saturated carbocycles. The Kier molecular flexibility index (Phi) is 5.75. The van der Waals surface area contributed by atoms with Crippen molar-refractivity contribution in [2.45, 2.75) is 19.0 Å². The average Bonchev–Trinajstić information content (AvgIpc) is 2.32. The van der Waals surface area contributed by atoms with Crippen LogP contribution in [0.1, 0.15) is 12.8 Å². The van der Waals surface area contributed by atoms with Crippen molar-refractivity contribution in [1.29, 1.82) is 0 Å². The molecular weight excluding hydrogens is 280 g/mol. The second kappa shape index (κ2) is 7.09. The Balaban J connectivity index is 2.25. The number of carbonyl (C=O) groups excluding carboxylic acids is 1. The first-order chi connectivity index (χ1) is 9.28. The SMILES string of the molecule is Nc1cc(NC(=O)CCCOCC(F)(F)F)ccc1F. The molecule has 112 valence electrons. The number of alkyl halides is 3. The van der Waals surface area contributed by atoms with Crippen molar-refractivity contribution in [1.82, 2.24) is 0 Å². The highest BCUT2D eigenvalue weighted by atomic mass is 19.4. The fourth-order valence-electron chi connectivity index (χ4n) is 1.37. The summed E-state index contributed by atoms with van der Waals surface area (Å²) < 4.78 is 52.5. The van der Waals surface area contributed by atoms with Gasteiger partial charge < -0.3 is 15.8 Å². The standard InChI is InChI=1S/C12H14F4N2O2/c13-9-4-3-8(6-10(9)17)18-11(19)2-1-5-20-7-12(14,15)16/h3-4,6H,1-2,5,7,17H2,(H,18,19). The molecule has 1 amide bonds. The lowest BCUT2D eigenvalue weighted by molar-refractivity contribution is -0.174. The van der Waals surface area contributed by atoms with E-state index in [1.165, 1.54) is 12.1 Å². The second-order valence-corrected chi connectivity index (χ2v) is 4.06. The minimum absolute atomic E-state index is 0.00482. The molecule has 4 nitrogen and oxygen atoms in total. The smallest absolute Gasteiger partial charge is 0.396 e. The van der Waals surface area contributed by atoms with Gasteiger partial charge in [-0.3, -0.25) is 4.79 Å². The first-order valence-corrected chi connectivity index (χ1v) is 5.77. The molecule has 0 aliphatic carbocycles. The summed E-state index contributed by atoms with van der Waals surface area (Å²) in [6, 6.07) is 3.70. The maximum atomic E-state index is 12.9. The molecule has 0 unspecified atom stereocenters. The number of halogens is 4. The molecule has 0 radical (unpaired) electrons. The van der Waals surface area contributed by atoms with Gasteiger partial charge in [0, 0.05) is 18.7 Å². The highest BCUT2D eigenvalue weighted by molar-refractivity contribution is 5.91. The van der Waals surface area contributed by atoms with Gasteiger partial charge in [-0.05, 0) is 24.6 Å². The zero-order valence-corrected chi connectivity index (χ0v) is 10.5. The number of nitrogens with one attached hydrogen (secondary N) is 1. The summed E-state index contributed by atoms with van der Waals surface area (Å²) in [5.74, 6) is -1.00. The normalized spacial score (nSPS) is 11.4. The molecule has 8 heteroatoms. The molecule has 0 aromatic heterocycles. The van der Waals surface area contributed by atoms with Crippen molar-refractivity contribution >= 4 is 17.3 Å². The van der Waals surface area contributed by atoms with Crippen LogP contribution in [0.25, 0.3) is 0 Å². The molecule has 0 heterocycles. The molecule has 1 aromatic rings. The summed E-state index contributed by atoms with van der Waals surface area (Å²) in [5, 5.41) is 2.45. The lowest BCUT2D eigenvalue weighted by Crippen LogP contribution is -2.18. The van der Waals surface area contributed by atoms with Gasteiger partial charge in [0.15, 0.2) is 0 Å². The highest BCUT2D eigenvalue weighted by Crippen LogP contribution is 2.17. The Labute approximate surface area is 112 Å². The Morgan fingerprint density at radius 1 is 1.35 bits per heavy atom. The van der Waals surface area contributed by atoms with Gasteiger partial charge in [-0.1, -0.05) is 0 Å². The third-order valence-corrected chi connectivity index (χ3v) is 2.24. The molecule has 0 atom stereocenters. The minimum atomic E-state index is -4.37. The fourth-order valence-corrected chi connectivity index (χ4v) is 1.37. The third-order valence-electron chi connectivity index (χ3n) is 2.24. The van der Waals surface area contributed by atoms with Gasteiger partial charge in [-0.15, -0.1) is 0 Å². The monoisotopic (exact) mass is 294 g/mol. The topological polar surface area (TPSA) is 64.3 Å². The van der Waals surface area contributed by atoms with Crippen LogP contribution in [0.2, 0.25) is 0 Å². The van der Waals surface area contributed by atoms with Gasteiger partial charge in [0.05, 0.1) is 5.69 Å². The van der Waals surface area contributed by atoms with Crippen LogP contribution in [-0.4, -0.2) is 25.3 Å². The van der Waals surface area contributed by atoms with E-state index in [2.05, 4.69) is 10.1 Å². The highest BCUT2D eigenvalue weighted by Gasteiger charge is 2.27. The number of amides is 1. The van der Waals surface area contributed by atoms with E-state index in [1.807, 2.05) is 0 Å². The maximum absolute atomic E-state index is 12.9. The number of hydrogen-bond donors (Lipinski definition) is 2. The Morgan fingerprint density at radius 3 is 2.65 bits per heavy atom. The first kappa shape index (κ1) is 16.2. The lowest BCUT2D eigenvalue weighted by atomic mass is 10.2. The Hall–Kier alpha value is -1.83. The van der Waals surface area contributed by atoms with E-state index in [-0.39, 0.29) is 25.1 Å². The lowest BCUT2D eigenvalue weighted by Gasteiger charge is -2.08. The quantitative estimate of drug-likeness (QED) is 0.481. The van der Waals surface area contributed by atoms with Crippen molar-refractivity contribution in [3.8, 4) is 0 Å². The summed E-state index contributed by atoms with van der Waals surface area (Å²) in [4.78, 5) is 11.4. The zero-order valence-electron chi connectivity index (χ0n) is 10.5. The van der Waals surface area contributed by atoms with Gasteiger partial charge in [-0.25, -0.2) is 4.39 Å². The van der Waals surface area contributed by atoms with Crippen LogP contribution in [0, 0.1) is 5.82 Å². The molecule has 0 aliphatic heterocycles. The first-order valence-electron chi connectivity index (χ1n) is 5.77. The van der Waals surface area contributed by atoms with Gasteiger partial charge in [0.25, 0.3) is 0 Å². The van der Waals surface area contributed by atoms with Crippen LogP contribution < -0.4 is 11.1 Å². The molecule has 3 N–H and O–H groups in total.